The zero-order valence-electron chi connectivity index (χ0n) is 15.1. The highest BCUT2D eigenvalue weighted by atomic mass is 35.5. The smallest absolute Gasteiger partial charge is 0.222 e. The van der Waals surface area contributed by atoms with Gasteiger partial charge in [-0.1, -0.05) is 13.8 Å². The lowest BCUT2D eigenvalue weighted by molar-refractivity contribution is -0.135. The molecule has 2 atom stereocenters. The molecule has 0 spiro atoms. The first kappa shape index (κ1) is 25.2. The van der Waals surface area contributed by atoms with E-state index in [4.69, 9.17) is 5.73 Å². The third-order valence-electron chi connectivity index (χ3n) is 4.42. The van der Waals surface area contributed by atoms with E-state index in [1.165, 1.54) is 19.3 Å². The van der Waals surface area contributed by atoms with Gasteiger partial charge in [0.05, 0.1) is 0 Å². The molecule has 0 aromatic rings. The van der Waals surface area contributed by atoms with E-state index in [0.29, 0.717) is 12.3 Å². The molecule has 0 aliphatic carbocycles. The van der Waals surface area contributed by atoms with Crippen LogP contribution < -0.4 is 5.73 Å². The molecular weight excluding hydrogens is 333 g/mol. The molecule has 0 bridgehead atoms. The molecule has 1 saturated heterocycles. The molecule has 0 saturated carbocycles. The van der Waals surface area contributed by atoms with Crippen molar-refractivity contribution in [3.63, 3.8) is 0 Å². The number of carbonyl (C=O) groups excluding carboxylic acids is 1. The topological polar surface area (TPSA) is 49.6 Å². The first-order chi connectivity index (χ1) is 10.1. The van der Waals surface area contributed by atoms with Gasteiger partial charge in [0.25, 0.3) is 0 Å². The third-order valence-corrected chi connectivity index (χ3v) is 4.42. The van der Waals surface area contributed by atoms with Crippen molar-refractivity contribution < 1.29 is 4.79 Å². The molecular formula is C17H37Cl2N3O. The number of nitrogens with two attached hydrogens (primary N) is 1. The minimum absolute atomic E-state index is 0. The molecule has 0 aromatic carbocycles. The molecule has 0 aromatic heterocycles. The standard InChI is InChI=1S/C17H35N3O.2ClH/c1-4-11-19(12-5-2)13-8-10-17(21)20-14-7-6-9-16(20)15(3)18;;/h15-16H,4-14,18H2,1-3H3;2*1H. The van der Waals surface area contributed by atoms with Crippen molar-refractivity contribution in [1.82, 2.24) is 9.80 Å². The average molecular weight is 370 g/mol. The van der Waals surface area contributed by atoms with E-state index in [-0.39, 0.29) is 36.9 Å². The van der Waals surface area contributed by atoms with E-state index >= 15 is 0 Å². The summed E-state index contributed by atoms with van der Waals surface area (Å²) in [4.78, 5) is 17.0. The molecule has 2 unspecified atom stereocenters. The minimum Gasteiger partial charge on any atom is -0.338 e. The summed E-state index contributed by atoms with van der Waals surface area (Å²) in [5.41, 5.74) is 6.05. The number of piperidine rings is 1. The number of hydrogen-bond donors (Lipinski definition) is 1. The second kappa shape index (κ2) is 14.3. The average Bonchev–Trinajstić information content (AvgIpc) is 2.47. The quantitative estimate of drug-likeness (QED) is 0.676. The SMILES string of the molecule is CCCN(CCC)CCCC(=O)N1CCCCC1C(C)N.Cl.Cl. The Morgan fingerprint density at radius 3 is 2.30 bits per heavy atom. The monoisotopic (exact) mass is 369 g/mol. The van der Waals surface area contributed by atoms with Gasteiger partial charge < -0.3 is 15.5 Å². The van der Waals surface area contributed by atoms with Crippen LogP contribution in [0.5, 0.6) is 0 Å². The van der Waals surface area contributed by atoms with Crippen LogP contribution in [0.15, 0.2) is 0 Å². The van der Waals surface area contributed by atoms with Crippen LogP contribution in [0.3, 0.4) is 0 Å². The fourth-order valence-corrected chi connectivity index (χ4v) is 3.38. The molecule has 23 heavy (non-hydrogen) atoms. The Morgan fingerprint density at radius 1 is 1.17 bits per heavy atom. The predicted molar refractivity (Wildman–Crippen MR) is 104 cm³/mol. The summed E-state index contributed by atoms with van der Waals surface area (Å²) in [6.45, 7) is 10.7. The Labute approximate surface area is 155 Å². The second-order valence-corrected chi connectivity index (χ2v) is 6.45. The summed E-state index contributed by atoms with van der Waals surface area (Å²) in [6, 6.07) is 0.347. The fraction of sp³-hybridized carbons (Fsp3) is 0.941. The van der Waals surface area contributed by atoms with Gasteiger partial charge in [-0.25, -0.2) is 0 Å². The molecule has 1 rings (SSSR count). The van der Waals surface area contributed by atoms with E-state index in [1.54, 1.807) is 0 Å². The van der Waals surface area contributed by atoms with Crippen molar-refractivity contribution in [3.05, 3.63) is 0 Å². The largest absolute Gasteiger partial charge is 0.338 e. The van der Waals surface area contributed by atoms with Crippen LogP contribution in [0.4, 0.5) is 0 Å². The summed E-state index contributed by atoms with van der Waals surface area (Å²) in [5.74, 6) is 0.310. The number of nitrogens with zero attached hydrogens (tertiary/aromatic N) is 2. The molecule has 1 amide bonds. The van der Waals surface area contributed by atoms with Gasteiger partial charge in [0.2, 0.25) is 5.91 Å². The lowest BCUT2D eigenvalue weighted by atomic mass is 9.96. The highest BCUT2D eigenvalue weighted by Crippen LogP contribution is 2.20. The summed E-state index contributed by atoms with van der Waals surface area (Å²) < 4.78 is 0. The van der Waals surface area contributed by atoms with Crippen molar-refractivity contribution in [3.8, 4) is 0 Å². The molecule has 0 radical (unpaired) electrons. The Bertz CT molecular complexity index is 298. The molecule has 4 nitrogen and oxygen atoms in total. The Balaban J connectivity index is 0. The Hall–Kier alpha value is -0.0300. The van der Waals surface area contributed by atoms with Crippen LogP contribution in [0.25, 0.3) is 0 Å². The maximum absolute atomic E-state index is 12.5. The zero-order valence-corrected chi connectivity index (χ0v) is 16.8. The molecule has 1 heterocycles. The van der Waals surface area contributed by atoms with Crippen molar-refractivity contribution in [1.29, 1.82) is 0 Å². The first-order valence-electron chi connectivity index (χ1n) is 8.87. The van der Waals surface area contributed by atoms with Crippen LogP contribution in [0.2, 0.25) is 0 Å². The molecule has 140 valence electrons. The van der Waals surface area contributed by atoms with E-state index in [1.807, 2.05) is 6.92 Å². The Kier molecular flexibility index (Phi) is 15.7. The summed E-state index contributed by atoms with van der Waals surface area (Å²) in [7, 11) is 0. The summed E-state index contributed by atoms with van der Waals surface area (Å²) in [6.07, 6.45) is 7.43. The predicted octanol–water partition coefficient (Wildman–Crippen LogP) is 3.46. The lowest BCUT2D eigenvalue weighted by Crippen LogP contribution is -2.51. The van der Waals surface area contributed by atoms with Crippen molar-refractivity contribution in [2.75, 3.05) is 26.2 Å². The molecule has 1 fully saturated rings. The van der Waals surface area contributed by atoms with Crippen LogP contribution >= 0.6 is 24.8 Å². The van der Waals surface area contributed by atoms with Gasteiger partial charge in [-0.15, -0.1) is 24.8 Å². The van der Waals surface area contributed by atoms with E-state index in [0.717, 1.165) is 45.4 Å². The number of halogens is 2. The van der Waals surface area contributed by atoms with Gasteiger partial charge in [0, 0.05) is 25.0 Å². The summed E-state index contributed by atoms with van der Waals surface area (Å²) >= 11 is 0. The van der Waals surface area contributed by atoms with Gasteiger partial charge in [-0.2, -0.15) is 0 Å². The van der Waals surface area contributed by atoms with Crippen LogP contribution in [0.1, 0.15) is 65.7 Å². The Morgan fingerprint density at radius 2 is 1.78 bits per heavy atom. The van der Waals surface area contributed by atoms with E-state index in [2.05, 4.69) is 23.6 Å². The highest BCUT2D eigenvalue weighted by Gasteiger charge is 2.28. The number of likely N-dealkylation sites (tertiary alicyclic amines) is 1. The van der Waals surface area contributed by atoms with Crippen LogP contribution in [-0.4, -0.2) is 54.0 Å². The lowest BCUT2D eigenvalue weighted by Gasteiger charge is -2.38. The van der Waals surface area contributed by atoms with E-state index in [9.17, 15) is 4.79 Å². The molecule has 1 aliphatic heterocycles. The maximum Gasteiger partial charge on any atom is 0.222 e. The fourth-order valence-electron chi connectivity index (χ4n) is 3.38. The van der Waals surface area contributed by atoms with Gasteiger partial charge in [-0.3, -0.25) is 4.79 Å². The number of carbonyl (C=O) groups is 1. The first-order valence-corrected chi connectivity index (χ1v) is 8.87. The molecule has 6 heteroatoms. The molecule has 2 N–H and O–H groups in total. The molecule has 1 aliphatic rings. The minimum atomic E-state index is 0. The number of hydrogen-bond acceptors (Lipinski definition) is 3. The van der Waals surface area contributed by atoms with Crippen molar-refractivity contribution in [2.24, 2.45) is 5.73 Å². The van der Waals surface area contributed by atoms with Crippen molar-refractivity contribution in [2.45, 2.75) is 77.8 Å². The van der Waals surface area contributed by atoms with Gasteiger partial charge in [0.1, 0.15) is 0 Å². The number of rotatable bonds is 9. The van der Waals surface area contributed by atoms with Gasteiger partial charge in [-0.05, 0) is 65.1 Å². The normalized spacial score (nSPS) is 19.0. The zero-order chi connectivity index (χ0) is 15.7. The second-order valence-electron chi connectivity index (χ2n) is 6.45. The van der Waals surface area contributed by atoms with Gasteiger partial charge in [0.15, 0.2) is 0 Å². The van der Waals surface area contributed by atoms with E-state index < -0.39 is 0 Å². The van der Waals surface area contributed by atoms with Gasteiger partial charge >= 0.3 is 0 Å². The van der Waals surface area contributed by atoms with Crippen LogP contribution in [-0.2, 0) is 4.79 Å². The van der Waals surface area contributed by atoms with Crippen molar-refractivity contribution >= 4 is 30.7 Å². The maximum atomic E-state index is 12.5. The number of amides is 1. The summed E-state index contributed by atoms with van der Waals surface area (Å²) in [5, 5.41) is 0. The van der Waals surface area contributed by atoms with Crippen LogP contribution in [0, 0.1) is 0 Å². The highest BCUT2D eigenvalue weighted by molar-refractivity contribution is 5.85. The third kappa shape index (κ3) is 9.13.